The maximum absolute atomic E-state index is 10.6. The van der Waals surface area contributed by atoms with Crippen molar-refractivity contribution in [3.8, 4) is 11.1 Å². The minimum absolute atomic E-state index is 0.622. The third-order valence-electron chi connectivity index (χ3n) is 4.76. The summed E-state index contributed by atoms with van der Waals surface area (Å²) in [6, 6.07) is 13.8. The van der Waals surface area contributed by atoms with E-state index < -0.39 is 0 Å². The van der Waals surface area contributed by atoms with Gasteiger partial charge in [-0.3, -0.25) is 10.2 Å². The Morgan fingerprint density at radius 3 is 2.67 bits per heavy atom. The van der Waals surface area contributed by atoms with Crippen LogP contribution in [0.1, 0.15) is 0 Å². The molecule has 7 heteroatoms. The van der Waals surface area contributed by atoms with Crippen LogP contribution in [0.2, 0.25) is 0 Å². The van der Waals surface area contributed by atoms with Gasteiger partial charge in [-0.15, -0.1) is 0 Å². The van der Waals surface area contributed by atoms with Gasteiger partial charge in [-0.25, -0.2) is 15.0 Å². The van der Waals surface area contributed by atoms with E-state index in [1.165, 1.54) is 0 Å². The molecule has 138 valence electrons. The Hall–Kier alpha value is -3.03. The molecule has 2 N–H and O–H groups in total. The Morgan fingerprint density at radius 1 is 1.04 bits per heavy atom. The number of piperazine rings is 1. The number of likely N-dealkylation sites (N-methyl/N-ethyl adjacent to an activating group) is 1. The SMILES string of the molecule is CN1CCN(Nc2ncc3cc(-c4cccc(NC=O)c4)ccc3n2)CC1. The van der Waals surface area contributed by atoms with Crippen LogP contribution in [0.25, 0.3) is 22.0 Å². The van der Waals surface area contributed by atoms with Crippen molar-refractivity contribution >= 4 is 28.9 Å². The van der Waals surface area contributed by atoms with Gasteiger partial charge in [0.05, 0.1) is 5.52 Å². The second-order valence-electron chi connectivity index (χ2n) is 6.71. The number of nitrogens with zero attached hydrogens (tertiary/aromatic N) is 4. The van der Waals surface area contributed by atoms with Crippen LogP contribution in [-0.4, -0.2) is 59.5 Å². The Kier molecular flexibility index (Phi) is 4.95. The molecule has 1 aliphatic rings. The summed E-state index contributed by atoms with van der Waals surface area (Å²) in [7, 11) is 2.13. The number of carbonyl (C=O) groups excluding carboxylic acids is 1. The van der Waals surface area contributed by atoms with Gasteiger partial charge in [0, 0.05) is 43.4 Å². The number of anilines is 2. The molecule has 4 rings (SSSR count). The van der Waals surface area contributed by atoms with Gasteiger partial charge in [-0.05, 0) is 42.4 Å². The molecule has 1 fully saturated rings. The van der Waals surface area contributed by atoms with E-state index in [2.05, 4.69) is 43.7 Å². The zero-order valence-electron chi connectivity index (χ0n) is 15.2. The third kappa shape index (κ3) is 4.05. The summed E-state index contributed by atoms with van der Waals surface area (Å²) in [5.74, 6) is 0.622. The first-order valence-corrected chi connectivity index (χ1v) is 8.99. The number of hydrogen-bond donors (Lipinski definition) is 2. The van der Waals surface area contributed by atoms with Gasteiger partial charge in [0.1, 0.15) is 0 Å². The first-order chi connectivity index (χ1) is 13.2. The smallest absolute Gasteiger partial charge is 0.238 e. The highest BCUT2D eigenvalue weighted by atomic mass is 16.1. The Bertz CT molecular complexity index is 952. The molecule has 2 aromatic carbocycles. The second-order valence-corrected chi connectivity index (χ2v) is 6.71. The summed E-state index contributed by atoms with van der Waals surface area (Å²) in [4.78, 5) is 22.1. The summed E-state index contributed by atoms with van der Waals surface area (Å²) >= 11 is 0. The third-order valence-corrected chi connectivity index (χ3v) is 4.76. The van der Waals surface area contributed by atoms with Crippen molar-refractivity contribution in [1.82, 2.24) is 19.9 Å². The summed E-state index contributed by atoms with van der Waals surface area (Å²) in [6.07, 6.45) is 2.53. The molecule has 0 atom stereocenters. The lowest BCUT2D eigenvalue weighted by Crippen LogP contribution is -2.47. The van der Waals surface area contributed by atoms with Crippen molar-refractivity contribution in [3.05, 3.63) is 48.7 Å². The van der Waals surface area contributed by atoms with E-state index in [4.69, 9.17) is 0 Å². The number of aromatic nitrogens is 2. The predicted molar refractivity (Wildman–Crippen MR) is 107 cm³/mol. The summed E-state index contributed by atoms with van der Waals surface area (Å²) in [5.41, 5.74) is 7.06. The highest BCUT2D eigenvalue weighted by molar-refractivity contribution is 5.85. The molecule has 27 heavy (non-hydrogen) atoms. The van der Waals surface area contributed by atoms with Crippen molar-refractivity contribution in [2.24, 2.45) is 0 Å². The van der Waals surface area contributed by atoms with Crippen LogP contribution in [0, 0.1) is 0 Å². The minimum Gasteiger partial charge on any atom is -0.329 e. The van der Waals surface area contributed by atoms with E-state index >= 15 is 0 Å². The fraction of sp³-hybridized carbons (Fsp3) is 0.250. The number of nitrogens with one attached hydrogen (secondary N) is 2. The van der Waals surface area contributed by atoms with Crippen LogP contribution in [0.4, 0.5) is 11.6 Å². The van der Waals surface area contributed by atoms with Gasteiger partial charge in [0.25, 0.3) is 0 Å². The fourth-order valence-corrected chi connectivity index (χ4v) is 3.18. The number of hydrogen-bond acceptors (Lipinski definition) is 6. The van der Waals surface area contributed by atoms with Crippen LogP contribution in [-0.2, 0) is 4.79 Å². The van der Waals surface area contributed by atoms with E-state index in [-0.39, 0.29) is 0 Å². The monoisotopic (exact) mass is 362 g/mol. The quantitative estimate of drug-likeness (QED) is 0.679. The minimum atomic E-state index is 0.622. The lowest BCUT2D eigenvalue weighted by atomic mass is 10.0. The summed E-state index contributed by atoms with van der Waals surface area (Å²) in [6.45, 7) is 3.95. The number of hydrazine groups is 1. The molecular formula is C20H22N6O. The summed E-state index contributed by atoms with van der Waals surface area (Å²) in [5, 5.41) is 5.81. The first kappa shape index (κ1) is 17.4. The van der Waals surface area contributed by atoms with Crippen LogP contribution < -0.4 is 10.7 Å². The largest absolute Gasteiger partial charge is 0.329 e. The molecule has 0 saturated carbocycles. The highest BCUT2D eigenvalue weighted by Crippen LogP contribution is 2.26. The van der Waals surface area contributed by atoms with Gasteiger partial charge in [0.2, 0.25) is 12.4 Å². The lowest BCUT2D eigenvalue weighted by Gasteiger charge is -2.32. The Morgan fingerprint density at radius 2 is 1.85 bits per heavy atom. The predicted octanol–water partition coefficient (Wildman–Crippen LogP) is 2.44. The van der Waals surface area contributed by atoms with E-state index in [1.54, 1.807) is 0 Å². The van der Waals surface area contributed by atoms with E-state index in [0.717, 1.165) is 53.9 Å². The first-order valence-electron chi connectivity index (χ1n) is 8.99. The topological polar surface area (TPSA) is 73.4 Å². The molecule has 1 saturated heterocycles. The number of benzene rings is 2. The zero-order chi connectivity index (χ0) is 18.6. The molecule has 2 heterocycles. The molecule has 7 nitrogen and oxygen atoms in total. The van der Waals surface area contributed by atoms with Crippen molar-refractivity contribution in [2.75, 3.05) is 44.0 Å². The molecule has 0 radical (unpaired) electrons. The Balaban J connectivity index is 1.55. The summed E-state index contributed by atoms with van der Waals surface area (Å²) < 4.78 is 0. The van der Waals surface area contributed by atoms with Crippen LogP contribution >= 0.6 is 0 Å². The van der Waals surface area contributed by atoms with Gasteiger partial charge in [-0.1, -0.05) is 18.2 Å². The standard InChI is InChI=1S/C20H22N6O/c1-25-7-9-26(10-8-25)24-20-21-13-17-11-16(5-6-19(17)23-20)15-3-2-4-18(12-15)22-14-27/h2-6,11-14H,7-10H2,1H3,(H,22,27)(H,21,23,24). The maximum Gasteiger partial charge on any atom is 0.238 e. The van der Waals surface area contributed by atoms with Gasteiger partial charge >= 0.3 is 0 Å². The van der Waals surface area contributed by atoms with Crippen LogP contribution in [0.5, 0.6) is 0 Å². The maximum atomic E-state index is 10.6. The molecule has 0 aliphatic carbocycles. The van der Waals surface area contributed by atoms with Crippen molar-refractivity contribution < 1.29 is 4.79 Å². The van der Waals surface area contributed by atoms with Crippen LogP contribution in [0.15, 0.2) is 48.7 Å². The van der Waals surface area contributed by atoms with Crippen molar-refractivity contribution in [1.29, 1.82) is 0 Å². The highest BCUT2D eigenvalue weighted by Gasteiger charge is 2.14. The normalized spacial score (nSPS) is 15.6. The molecule has 0 unspecified atom stereocenters. The van der Waals surface area contributed by atoms with E-state index in [1.807, 2.05) is 42.6 Å². The number of carbonyl (C=O) groups is 1. The fourth-order valence-electron chi connectivity index (χ4n) is 3.18. The molecular weight excluding hydrogens is 340 g/mol. The van der Waals surface area contributed by atoms with E-state index in [0.29, 0.717) is 12.4 Å². The average molecular weight is 362 g/mol. The molecule has 1 amide bonds. The van der Waals surface area contributed by atoms with Gasteiger partial charge < -0.3 is 10.2 Å². The molecule has 3 aromatic rings. The van der Waals surface area contributed by atoms with Crippen LogP contribution in [0.3, 0.4) is 0 Å². The average Bonchev–Trinajstić information content (AvgIpc) is 2.70. The van der Waals surface area contributed by atoms with Crippen molar-refractivity contribution in [2.45, 2.75) is 0 Å². The Labute approximate surface area is 158 Å². The lowest BCUT2D eigenvalue weighted by molar-refractivity contribution is -0.105. The molecule has 1 aliphatic heterocycles. The number of rotatable bonds is 5. The number of fused-ring (bicyclic) bond motifs is 1. The van der Waals surface area contributed by atoms with Gasteiger partial charge in [-0.2, -0.15) is 0 Å². The second kappa shape index (κ2) is 7.69. The zero-order valence-corrected chi connectivity index (χ0v) is 15.2. The molecule has 0 bridgehead atoms. The molecule has 1 aromatic heterocycles. The van der Waals surface area contributed by atoms with E-state index in [9.17, 15) is 4.79 Å². The number of amides is 1. The van der Waals surface area contributed by atoms with Crippen molar-refractivity contribution in [3.63, 3.8) is 0 Å². The van der Waals surface area contributed by atoms with Gasteiger partial charge in [0.15, 0.2) is 0 Å². The molecule has 0 spiro atoms.